The van der Waals surface area contributed by atoms with Crippen LogP contribution in [0.1, 0.15) is 47.5 Å². The van der Waals surface area contributed by atoms with E-state index in [9.17, 15) is 13.2 Å². The van der Waals surface area contributed by atoms with Gasteiger partial charge in [-0.1, -0.05) is 31.0 Å². The second kappa shape index (κ2) is 9.06. The third-order valence-corrected chi connectivity index (χ3v) is 7.24. The van der Waals surface area contributed by atoms with Crippen LogP contribution in [0.15, 0.2) is 63.9 Å². The van der Waals surface area contributed by atoms with Gasteiger partial charge in [-0.05, 0) is 56.2 Å². The van der Waals surface area contributed by atoms with E-state index in [2.05, 4.69) is 4.98 Å². The second-order valence-corrected chi connectivity index (χ2v) is 9.87. The third kappa shape index (κ3) is 4.88. The molecule has 2 aromatic carbocycles. The van der Waals surface area contributed by atoms with Crippen molar-refractivity contribution in [3.05, 3.63) is 71.6 Å². The zero-order valence-electron chi connectivity index (χ0n) is 17.6. The number of sulfone groups is 1. The molecule has 1 aromatic heterocycles. The number of aromatic nitrogens is 1. The number of rotatable bonds is 5. The number of oxazole rings is 1. The Morgan fingerprint density at radius 1 is 0.968 bits per heavy atom. The van der Waals surface area contributed by atoms with Gasteiger partial charge in [0.05, 0.1) is 10.6 Å². The van der Waals surface area contributed by atoms with Crippen molar-refractivity contribution in [3.63, 3.8) is 0 Å². The molecule has 31 heavy (non-hydrogen) atoms. The van der Waals surface area contributed by atoms with E-state index in [1.54, 1.807) is 61.5 Å². The molecule has 0 bridgehead atoms. The zero-order valence-corrected chi connectivity index (χ0v) is 18.4. The number of likely N-dealkylation sites (tertiary alicyclic amines) is 1. The van der Waals surface area contributed by atoms with Crippen molar-refractivity contribution >= 4 is 15.7 Å². The highest BCUT2D eigenvalue weighted by molar-refractivity contribution is 7.90. The number of benzene rings is 2. The van der Waals surface area contributed by atoms with Gasteiger partial charge >= 0.3 is 0 Å². The van der Waals surface area contributed by atoms with Crippen LogP contribution < -0.4 is 0 Å². The number of nitrogens with zero attached hydrogens (tertiary/aromatic N) is 2. The largest absolute Gasteiger partial charge is 0.441 e. The van der Waals surface area contributed by atoms with Gasteiger partial charge in [-0.2, -0.15) is 0 Å². The van der Waals surface area contributed by atoms with Crippen molar-refractivity contribution in [1.82, 2.24) is 9.88 Å². The third-order valence-electron chi connectivity index (χ3n) is 5.59. The molecule has 4 rings (SSSR count). The maximum absolute atomic E-state index is 12.8. The highest BCUT2D eigenvalue weighted by atomic mass is 32.2. The van der Waals surface area contributed by atoms with Crippen LogP contribution in [0, 0.1) is 6.92 Å². The zero-order chi connectivity index (χ0) is 21.8. The summed E-state index contributed by atoms with van der Waals surface area (Å²) in [5.41, 5.74) is 1.74. The Labute approximate surface area is 182 Å². The van der Waals surface area contributed by atoms with Crippen LogP contribution in [0.3, 0.4) is 0 Å². The summed E-state index contributed by atoms with van der Waals surface area (Å²) in [6.07, 6.45) is 4.45. The number of carbonyl (C=O) groups excluding carboxylic acids is 1. The summed E-state index contributed by atoms with van der Waals surface area (Å²) in [6.45, 7) is 3.32. The van der Waals surface area contributed by atoms with E-state index in [4.69, 9.17) is 4.42 Å². The molecule has 0 spiro atoms. The molecule has 1 aliphatic rings. The van der Waals surface area contributed by atoms with Crippen molar-refractivity contribution in [2.75, 3.05) is 13.1 Å². The highest BCUT2D eigenvalue weighted by Gasteiger charge is 2.21. The van der Waals surface area contributed by atoms with Crippen LogP contribution in [-0.2, 0) is 15.6 Å². The Kier molecular flexibility index (Phi) is 6.23. The van der Waals surface area contributed by atoms with Gasteiger partial charge in [-0.25, -0.2) is 13.4 Å². The topological polar surface area (TPSA) is 80.5 Å². The van der Waals surface area contributed by atoms with Crippen molar-refractivity contribution in [2.24, 2.45) is 0 Å². The van der Waals surface area contributed by atoms with Gasteiger partial charge in [-0.15, -0.1) is 0 Å². The molecule has 1 amide bonds. The summed E-state index contributed by atoms with van der Waals surface area (Å²) in [7, 11) is -3.51. The molecule has 0 unspecified atom stereocenters. The minimum Gasteiger partial charge on any atom is -0.441 e. The Hall–Kier alpha value is -2.93. The minimum absolute atomic E-state index is 0.0479. The van der Waals surface area contributed by atoms with Crippen molar-refractivity contribution < 1.29 is 17.6 Å². The molecule has 7 heteroatoms. The molecular weight excluding hydrogens is 412 g/mol. The first kappa shape index (κ1) is 21.3. The lowest BCUT2D eigenvalue weighted by Gasteiger charge is -2.20. The van der Waals surface area contributed by atoms with E-state index < -0.39 is 9.84 Å². The smallest absolute Gasteiger partial charge is 0.253 e. The molecule has 0 aliphatic carbocycles. The average molecular weight is 439 g/mol. The highest BCUT2D eigenvalue weighted by Crippen LogP contribution is 2.25. The van der Waals surface area contributed by atoms with E-state index in [0.717, 1.165) is 25.9 Å². The fourth-order valence-corrected chi connectivity index (χ4v) is 5.15. The van der Waals surface area contributed by atoms with Gasteiger partial charge in [0.25, 0.3) is 5.91 Å². The van der Waals surface area contributed by atoms with E-state index in [0.29, 0.717) is 28.5 Å². The molecule has 1 aliphatic heterocycles. The molecule has 1 saturated heterocycles. The molecule has 162 valence electrons. The van der Waals surface area contributed by atoms with Crippen LogP contribution >= 0.6 is 0 Å². The first-order valence-electron chi connectivity index (χ1n) is 10.6. The van der Waals surface area contributed by atoms with Crippen LogP contribution in [0.2, 0.25) is 0 Å². The lowest BCUT2D eigenvalue weighted by molar-refractivity contribution is 0.0761. The maximum Gasteiger partial charge on any atom is 0.253 e. The molecule has 3 aromatic rings. The molecule has 0 atom stereocenters. The number of hydrogen-bond donors (Lipinski definition) is 0. The average Bonchev–Trinajstić information content (AvgIpc) is 2.97. The van der Waals surface area contributed by atoms with Crippen LogP contribution in [0.4, 0.5) is 0 Å². The summed E-state index contributed by atoms with van der Waals surface area (Å²) in [6, 6.07) is 15.5. The van der Waals surface area contributed by atoms with E-state index in [1.807, 2.05) is 4.90 Å². The normalized spacial score (nSPS) is 14.9. The van der Waals surface area contributed by atoms with E-state index >= 15 is 0 Å². The number of carbonyl (C=O) groups is 1. The fraction of sp³-hybridized carbons (Fsp3) is 0.333. The van der Waals surface area contributed by atoms with Crippen molar-refractivity contribution in [1.29, 1.82) is 0 Å². The minimum atomic E-state index is -3.51. The van der Waals surface area contributed by atoms with Gasteiger partial charge < -0.3 is 9.32 Å². The molecule has 0 saturated carbocycles. The summed E-state index contributed by atoms with van der Waals surface area (Å²) >= 11 is 0. The first-order valence-corrected chi connectivity index (χ1v) is 12.2. The number of aryl methyl sites for hydroxylation is 1. The van der Waals surface area contributed by atoms with Crippen LogP contribution in [0.5, 0.6) is 0 Å². The second-order valence-electron chi connectivity index (χ2n) is 7.88. The summed E-state index contributed by atoms with van der Waals surface area (Å²) < 4.78 is 31.1. The predicted molar refractivity (Wildman–Crippen MR) is 118 cm³/mol. The first-order chi connectivity index (χ1) is 14.9. The number of amides is 1. The van der Waals surface area contributed by atoms with Crippen molar-refractivity contribution in [3.8, 4) is 11.5 Å². The fourth-order valence-electron chi connectivity index (χ4n) is 3.79. The summed E-state index contributed by atoms with van der Waals surface area (Å²) in [5, 5.41) is 0. The quantitative estimate of drug-likeness (QED) is 0.580. The SMILES string of the molecule is Cc1oc(-c2ccc(C(=O)N3CCCCCC3)cc2)nc1CS(=O)(=O)c1ccccc1. The maximum atomic E-state index is 12.8. The lowest BCUT2D eigenvalue weighted by atomic mass is 10.1. The molecular formula is C24H26N2O4S. The van der Waals surface area contributed by atoms with Gasteiger partial charge in [0.15, 0.2) is 9.84 Å². The van der Waals surface area contributed by atoms with E-state index in [1.165, 1.54) is 12.8 Å². The van der Waals surface area contributed by atoms with Gasteiger partial charge in [0.2, 0.25) is 5.89 Å². The molecule has 2 heterocycles. The lowest BCUT2D eigenvalue weighted by Crippen LogP contribution is -2.31. The molecule has 0 radical (unpaired) electrons. The Bertz CT molecular complexity index is 1140. The monoisotopic (exact) mass is 438 g/mol. The summed E-state index contributed by atoms with van der Waals surface area (Å²) in [4.78, 5) is 19.4. The van der Waals surface area contributed by atoms with E-state index in [-0.39, 0.29) is 16.6 Å². The Morgan fingerprint density at radius 2 is 1.61 bits per heavy atom. The van der Waals surface area contributed by atoms with Gasteiger partial charge in [0, 0.05) is 24.2 Å². The predicted octanol–water partition coefficient (Wildman–Crippen LogP) is 4.64. The van der Waals surface area contributed by atoms with Crippen LogP contribution in [-0.4, -0.2) is 37.3 Å². The van der Waals surface area contributed by atoms with Crippen LogP contribution in [0.25, 0.3) is 11.5 Å². The summed E-state index contributed by atoms with van der Waals surface area (Å²) in [5.74, 6) is 0.646. The number of hydrogen-bond acceptors (Lipinski definition) is 5. The molecule has 6 nitrogen and oxygen atoms in total. The Balaban J connectivity index is 1.51. The standard InChI is InChI=1S/C24H26N2O4S/c1-18-22(17-31(28,29)21-9-5-4-6-10-21)25-23(30-18)19-11-13-20(14-12-19)24(27)26-15-7-2-3-8-16-26/h4-6,9-14H,2-3,7-8,15-17H2,1H3. The van der Waals surface area contributed by atoms with Gasteiger partial charge in [-0.3, -0.25) is 4.79 Å². The molecule has 0 N–H and O–H groups in total. The Morgan fingerprint density at radius 3 is 2.26 bits per heavy atom. The molecule has 1 fully saturated rings. The van der Waals surface area contributed by atoms with Crippen molar-refractivity contribution in [2.45, 2.75) is 43.3 Å². The van der Waals surface area contributed by atoms with Gasteiger partial charge in [0.1, 0.15) is 11.5 Å².